The largest absolute Gasteiger partial charge is 0.508 e. The van der Waals surface area contributed by atoms with E-state index in [9.17, 15) is 29.4 Å². The molecule has 0 aromatic heterocycles. The Labute approximate surface area is 122 Å². The first-order valence-electron chi connectivity index (χ1n) is 5.54. The summed E-state index contributed by atoms with van der Waals surface area (Å²) in [7, 11) is 0. The number of carboxylic acids is 4. The second kappa shape index (κ2) is 5.33. The average molecular weight is 313 g/mol. The molecule has 0 spiro atoms. The van der Waals surface area contributed by atoms with E-state index in [0.29, 0.717) is 0 Å². The van der Waals surface area contributed by atoms with Crippen molar-refractivity contribution in [3.05, 3.63) is 29.8 Å². The van der Waals surface area contributed by atoms with Crippen LogP contribution in [0.3, 0.4) is 0 Å². The summed E-state index contributed by atoms with van der Waals surface area (Å²) in [5.41, 5.74) is -2.72. The molecule has 1 aromatic carbocycles. The van der Waals surface area contributed by atoms with Gasteiger partial charge in [-0.15, -0.1) is 0 Å². The van der Waals surface area contributed by atoms with E-state index in [1.165, 1.54) is 0 Å². The molecule has 0 aliphatic rings. The van der Waals surface area contributed by atoms with E-state index in [4.69, 9.17) is 21.1 Å². The van der Waals surface area contributed by atoms with Gasteiger partial charge in [0, 0.05) is 0 Å². The minimum absolute atomic E-state index is 0.373. The number of carbonyl (C=O) groups is 4. The second-order valence-electron chi connectivity index (χ2n) is 4.33. The zero-order valence-electron chi connectivity index (χ0n) is 10.8. The molecule has 1 rings (SSSR count). The maximum Gasteiger partial charge on any atom is 0.337 e. The van der Waals surface area contributed by atoms with Crippen LogP contribution in [0.5, 0.6) is 5.75 Å². The molecule has 0 amide bonds. The van der Waals surface area contributed by atoms with Crippen molar-refractivity contribution in [2.75, 3.05) is 0 Å². The van der Waals surface area contributed by atoms with Gasteiger partial charge in [0.05, 0.1) is 0 Å². The van der Waals surface area contributed by atoms with Crippen LogP contribution in [0.4, 0.5) is 0 Å². The molecule has 0 saturated carbocycles. The van der Waals surface area contributed by atoms with Gasteiger partial charge in [-0.3, -0.25) is 9.59 Å². The quantitative estimate of drug-likeness (QED) is 0.342. The van der Waals surface area contributed by atoms with Crippen LogP contribution in [0.2, 0.25) is 0 Å². The number of phenolic OH excluding ortho intramolecular Hbond substituents is 1. The lowest BCUT2D eigenvalue weighted by Crippen LogP contribution is -2.74. The Bertz CT molecular complexity index is 621. The molecule has 1 aromatic rings. The summed E-state index contributed by atoms with van der Waals surface area (Å²) in [6.45, 7) is 0. The van der Waals surface area contributed by atoms with Crippen LogP contribution in [-0.2, 0) is 24.6 Å². The highest BCUT2D eigenvalue weighted by Crippen LogP contribution is 2.37. The number of rotatable bonds is 6. The number of hydrogen-bond acceptors (Lipinski definition) is 6. The molecule has 0 fully saturated rings. The molecule has 118 valence electrons. The lowest BCUT2D eigenvalue weighted by Gasteiger charge is -2.36. The lowest BCUT2D eigenvalue weighted by molar-refractivity contribution is -0.177. The van der Waals surface area contributed by atoms with Gasteiger partial charge < -0.3 is 31.3 Å². The average Bonchev–Trinajstić information content (AvgIpc) is 2.39. The van der Waals surface area contributed by atoms with Crippen molar-refractivity contribution in [3.8, 4) is 5.75 Å². The summed E-state index contributed by atoms with van der Waals surface area (Å²) >= 11 is 0. The van der Waals surface area contributed by atoms with Crippen molar-refractivity contribution in [1.29, 1.82) is 0 Å². The van der Waals surface area contributed by atoms with Gasteiger partial charge in [0.25, 0.3) is 0 Å². The third-order valence-electron chi connectivity index (χ3n) is 3.21. The van der Waals surface area contributed by atoms with Gasteiger partial charge in [-0.05, 0) is 17.7 Å². The van der Waals surface area contributed by atoms with Crippen molar-refractivity contribution in [2.24, 2.45) is 5.73 Å². The van der Waals surface area contributed by atoms with Gasteiger partial charge in [-0.2, -0.15) is 0 Å². The number of aliphatic carboxylic acids is 4. The Morgan fingerprint density at radius 2 is 1.14 bits per heavy atom. The van der Waals surface area contributed by atoms with E-state index in [2.05, 4.69) is 0 Å². The maximum absolute atomic E-state index is 11.6. The topological polar surface area (TPSA) is 195 Å². The van der Waals surface area contributed by atoms with Crippen LogP contribution >= 0.6 is 0 Å². The smallest absolute Gasteiger partial charge is 0.337 e. The van der Waals surface area contributed by atoms with Crippen LogP contribution in [0.15, 0.2) is 24.3 Å². The fraction of sp³-hybridized carbons (Fsp3) is 0.167. The van der Waals surface area contributed by atoms with E-state index in [0.717, 1.165) is 24.3 Å². The van der Waals surface area contributed by atoms with E-state index in [1.54, 1.807) is 0 Å². The molecular weight excluding hydrogens is 302 g/mol. The molecule has 0 radical (unpaired) electrons. The first kappa shape index (κ1) is 16.9. The molecule has 0 saturated heterocycles. The maximum atomic E-state index is 11.6. The van der Waals surface area contributed by atoms with Crippen molar-refractivity contribution in [2.45, 2.75) is 11.0 Å². The summed E-state index contributed by atoms with van der Waals surface area (Å²) in [4.78, 5) is 45.7. The summed E-state index contributed by atoms with van der Waals surface area (Å²) in [5, 5.41) is 45.9. The van der Waals surface area contributed by atoms with Gasteiger partial charge in [-0.25, -0.2) is 9.59 Å². The summed E-state index contributed by atoms with van der Waals surface area (Å²) < 4.78 is 0. The van der Waals surface area contributed by atoms with E-state index >= 15 is 0 Å². The SMILES string of the molecule is NC(C(=O)O)(C(=O)O)C(C(=O)O)(C(=O)O)c1ccc(O)cc1. The summed E-state index contributed by atoms with van der Waals surface area (Å²) in [5.74, 6) is -9.63. The van der Waals surface area contributed by atoms with Crippen LogP contribution < -0.4 is 5.73 Å². The molecule has 22 heavy (non-hydrogen) atoms. The van der Waals surface area contributed by atoms with Gasteiger partial charge in [0.1, 0.15) is 5.75 Å². The third-order valence-corrected chi connectivity index (χ3v) is 3.21. The molecule has 0 atom stereocenters. The van der Waals surface area contributed by atoms with Gasteiger partial charge in [0.2, 0.25) is 11.0 Å². The first-order valence-corrected chi connectivity index (χ1v) is 5.54. The Morgan fingerprint density at radius 3 is 1.41 bits per heavy atom. The fourth-order valence-corrected chi connectivity index (χ4v) is 2.03. The summed E-state index contributed by atoms with van der Waals surface area (Å²) in [6.07, 6.45) is 0. The highest BCUT2D eigenvalue weighted by atomic mass is 16.4. The van der Waals surface area contributed by atoms with Crippen molar-refractivity contribution in [1.82, 2.24) is 0 Å². The summed E-state index contributed by atoms with van der Waals surface area (Å²) in [6, 6.07) is 3.29. The van der Waals surface area contributed by atoms with Crippen LogP contribution in [0, 0.1) is 0 Å². The molecule has 10 nitrogen and oxygen atoms in total. The predicted octanol–water partition coefficient (Wildman–Crippen LogP) is -1.33. The number of benzene rings is 1. The molecule has 0 aliphatic carbocycles. The fourth-order valence-electron chi connectivity index (χ4n) is 2.03. The van der Waals surface area contributed by atoms with Crippen molar-refractivity contribution >= 4 is 23.9 Å². The van der Waals surface area contributed by atoms with Gasteiger partial charge in [0.15, 0.2) is 0 Å². The second-order valence-corrected chi connectivity index (χ2v) is 4.33. The Morgan fingerprint density at radius 1 is 0.773 bits per heavy atom. The number of phenols is 1. The highest BCUT2D eigenvalue weighted by molar-refractivity contribution is 6.20. The molecule has 0 unspecified atom stereocenters. The minimum Gasteiger partial charge on any atom is -0.508 e. The van der Waals surface area contributed by atoms with Crippen LogP contribution in [0.1, 0.15) is 5.56 Å². The number of nitrogens with two attached hydrogens (primary N) is 1. The molecule has 0 aliphatic heterocycles. The lowest BCUT2D eigenvalue weighted by atomic mass is 9.65. The van der Waals surface area contributed by atoms with Crippen LogP contribution in [-0.4, -0.2) is 54.9 Å². The normalized spacial score (nSPS) is 11.7. The molecule has 0 heterocycles. The number of aromatic hydroxyl groups is 1. The molecule has 10 heteroatoms. The molecule has 0 bridgehead atoms. The standard InChI is InChI=1S/C12H11NO9/c13-12(9(19)20,10(21)22)11(7(15)16,8(17)18)5-1-3-6(14)4-2-5/h1-4,14H,13H2,(H,15,16)(H,17,18)(H,19,20)(H,21,22). The third kappa shape index (κ3) is 2.02. The van der Waals surface area contributed by atoms with Gasteiger partial charge >= 0.3 is 23.9 Å². The Balaban J connectivity index is 3.93. The Hall–Kier alpha value is -3.14. The van der Waals surface area contributed by atoms with E-state index in [1.807, 2.05) is 0 Å². The van der Waals surface area contributed by atoms with Crippen molar-refractivity contribution in [3.63, 3.8) is 0 Å². The van der Waals surface area contributed by atoms with Gasteiger partial charge in [-0.1, -0.05) is 12.1 Å². The first-order chi connectivity index (χ1) is 10.0. The zero-order chi connectivity index (χ0) is 17.3. The number of carboxylic acid groups (broad SMARTS) is 4. The van der Waals surface area contributed by atoms with Crippen molar-refractivity contribution < 1.29 is 44.7 Å². The predicted molar refractivity (Wildman–Crippen MR) is 67.2 cm³/mol. The van der Waals surface area contributed by atoms with Crippen LogP contribution in [0.25, 0.3) is 0 Å². The molecular formula is C12H11NO9. The van der Waals surface area contributed by atoms with E-state index < -0.39 is 40.4 Å². The monoisotopic (exact) mass is 313 g/mol. The Kier molecular flexibility index (Phi) is 4.10. The number of hydrogen-bond donors (Lipinski definition) is 6. The zero-order valence-corrected chi connectivity index (χ0v) is 10.8. The van der Waals surface area contributed by atoms with E-state index in [-0.39, 0.29) is 5.75 Å². The highest BCUT2D eigenvalue weighted by Gasteiger charge is 2.71. The molecule has 7 N–H and O–H groups in total. The minimum atomic E-state index is -3.69.